The van der Waals surface area contributed by atoms with Crippen molar-refractivity contribution in [2.45, 2.75) is 104 Å². The highest BCUT2D eigenvalue weighted by Gasteiger charge is 2.52. The molecular weight excluding hydrogens is 978 g/mol. The fourth-order valence-corrected chi connectivity index (χ4v) is 19.8. The molecular formula is C72H72BN3SSi. The highest BCUT2D eigenvalue weighted by atomic mass is 32.1. The van der Waals surface area contributed by atoms with E-state index >= 15 is 0 Å². The first-order valence-electron chi connectivity index (χ1n) is 28.0. The van der Waals surface area contributed by atoms with Gasteiger partial charge in [-0.15, -0.1) is 11.3 Å². The zero-order valence-corrected chi connectivity index (χ0v) is 49.4. The average Bonchev–Trinajstić information content (AvgIpc) is 2.64. The molecule has 6 heteroatoms. The average molecular weight is 1050 g/mol. The molecule has 0 amide bonds. The van der Waals surface area contributed by atoms with Crippen LogP contribution in [0.5, 0.6) is 0 Å². The lowest BCUT2D eigenvalue weighted by atomic mass is 9.36. The Morgan fingerprint density at radius 1 is 0.397 bits per heavy atom. The number of hydrogen-bond donors (Lipinski definition) is 0. The van der Waals surface area contributed by atoms with E-state index in [2.05, 4.69) is 316 Å². The Kier molecular flexibility index (Phi) is 12.5. The van der Waals surface area contributed by atoms with E-state index in [0.717, 1.165) is 22.7 Å². The Balaban J connectivity index is 1.26. The Bertz CT molecular complexity index is 3750. The normalized spacial score (nSPS) is 13.6. The van der Waals surface area contributed by atoms with Crippen LogP contribution < -0.4 is 46.0 Å². The first-order valence-corrected chi connectivity index (χ1v) is 30.8. The molecule has 78 heavy (non-hydrogen) atoms. The predicted octanol–water partition coefficient (Wildman–Crippen LogP) is 16.6. The molecule has 9 aromatic carbocycles. The maximum Gasteiger partial charge on any atom is 0.264 e. The maximum atomic E-state index is 2.69. The van der Waals surface area contributed by atoms with Crippen LogP contribution in [0.15, 0.2) is 218 Å². The summed E-state index contributed by atoms with van der Waals surface area (Å²) in [5, 5.41) is 5.35. The molecule has 0 atom stereocenters. The van der Waals surface area contributed by atoms with E-state index in [0.29, 0.717) is 0 Å². The molecule has 1 aromatic heterocycles. The van der Waals surface area contributed by atoms with Crippen molar-refractivity contribution in [3.63, 3.8) is 0 Å². The van der Waals surface area contributed by atoms with E-state index in [1.54, 1.807) is 0 Å². The number of benzene rings is 9. The van der Waals surface area contributed by atoms with Crippen molar-refractivity contribution in [3.05, 3.63) is 235 Å². The summed E-state index contributed by atoms with van der Waals surface area (Å²) in [7, 11) is -2.97. The second-order valence-corrected chi connectivity index (χ2v) is 31.7. The SMILES string of the molecule is CC(C)(C)c1ccc(N2c3ccc(N(c4ccccc4)c4ccccc4)cc3B3c4sc5ccc(C(C)(C)C)cc5c4N(c4ccc(C(C)(C)C)cc4)c4cc([Si](c5ccccc5)(c5ccccc5)C(C)(C)C)cc2c43)cc1. The zero-order valence-electron chi connectivity index (χ0n) is 47.6. The van der Waals surface area contributed by atoms with Crippen molar-refractivity contribution in [1.29, 1.82) is 0 Å². The highest BCUT2D eigenvalue weighted by molar-refractivity contribution is 7.33. The zero-order chi connectivity index (χ0) is 54.5. The number of rotatable bonds is 8. The van der Waals surface area contributed by atoms with Crippen molar-refractivity contribution in [3.8, 4) is 0 Å². The molecule has 0 saturated carbocycles. The molecule has 0 aliphatic carbocycles. The molecule has 0 radical (unpaired) electrons. The Morgan fingerprint density at radius 3 is 1.32 bits per heavy atom. The Labute approximate surface area is 470 Å². The van der Waals surface area contributed by atoms with Crippen LogP contribution in [0.2, 0.25) is 5.04 Å². The first kappa shape index (κ1) is 51.4. The van der Waals surface area contributed by atoms with Gasteiger partial charge in [0.15, 0.2) is 8.07 Å². The summed E-state index contributed by atoms with van der Waals surface area (Å²) >= 11 is 1.98. The summed E-state index contributed by atoms with van der Waals surface area (Å²) in [6, 6.07) is 83.8. The van der Waals surface area contributed by atoms with E-state index in [9.17, 15) is 0 Å². The second-order valence-electron chi connectivity index (χ2n) is 25.9. The Morgan fingerprint density at radius 2 is 0.846 bits per heavy atom. The van der Waals surface area contributed by atoms with Gasteiger partial charge in [0.25, 0.3) is 6.71 Å². The standard InChI is InChI=1S/C72H72BN3SSi/c1-69(2,3)49-33-38-54(39-34-49)75-62-43-42-56(74(52-25-17-13-18-26-52)53-27-19-14-20-28-53)46-61(62)73-66-63(75)47-59(78(72(10,11)12,57-29-21-15-22-30-57)58-31-23-16-24-32-58)48-64(66)76(55-40-35-50(36-41-55)70(4,5)6)67-60-45-51(71(7,8)9)37-44-65(60)77-68(67)73/h13-48H,1-12H3. The van der Waals surface area contributed by atoms with Crippen LogP contribution in [0.3, 0.4) is 0 Å². The van der Waals surface area contributed by atoms with Gasteiger partial charge in [-0.05, 0) is 155 Å². The second kappa shape index (κ2) is 18.9. The van der Waals surface area contributed by atoms with Gasteiger partial charge >= 0.3 is 0 Å². The topological polar surface area (TPSA) is 9.72 Å². The minimum absolute atomic E-state index is 0.00638. The van der Waals surface area contributed by atoms with Crippen LogP contribution in [-0.4, -0.2) is 14.8 Å². The van der Waals surface area contributed by atoms with Gasteiger partial charge in [-0.25, -0.2) is 0 Å². The van der Waals surface area contributed by atoms with Crippen LogP contribution in [0.4, 0.5) is 51.2 Å². The molecule has 3 heterocycles. The summed E-state index contributed by atoms with van der Waals surface area (Å²) in [6.45, 7) is 28.4. The molecule has 2 aliphatic rings. The molecule has 0 unspecified atom stereocenters. The molecule has 0 spiro atoms. The highest BCUT2D eigenvalue weighted by Crippen LogP contribution is 2.50. The van der Waals surface area contributed by atoms with Crippen molar-refractivity contribution in [2.24, 2.45) is 0 Å². The monoisotopic (exact) mass is 1050 g/mol. The smallest absolute Gasteiger partial charge is 0.264 e. The molecule has 0 saturated heterocycles. The van der Waals surface area contributed by atoms with E-state index < -0.39 is 8.07 Å². The fourth-order valence-electron chi connectivity index (χ4n) is 12.8. The van der Waals surface area contributed by atoms with Crippen molar-refractivity contribution >= 4 is 119 Å². The van der Waals surface area contributed by atoms with Gasteiger partial charge in [0.2, 0.25) is 0 Å². The Hall–Kier alpha value is -7.38. The van der Waals surface area contributed by atoms with Crippen molar-refractivity contribution < 1.29 is 0 Å². The van der Waals surface area contributed by atoms with Crippen LogP contribution in [-0.2, 0) is 16.2 Å². The van der Waals surface area contributed by atoms with Crippen molar-refractivity contribution in [1.82, 2.24) is 0 Å². The van der Waals surface area contributed by atoms with E-state index in [1.807, 2.05) is 11.3 Å². The van der Waals surface area contributed by atoms with Gasteiger partial charge in [0.05, 0.1) is 5.69 Å². The molecule has 10 aromatic rings. The molecule has 0 N–H and O–H groups in total. The third-order valence-electron chi connectivity index (χ3n) is 16.8. The van der Waals surface area contributed by atoms with E-state index in [4.69, 9.17) is 0 Å². The number of fused-ring (bicyclic) bond motifs is 6. The van der Waals surface area contributed by atoms with Gasteiger partial charge in [0.1, 0.15) is 0 Å². The summed E-state index contributed by atoms with van der Waals surface area (Å²) in [5.74, 6) is 0. The van der Waals surface area contributed by atoms with Gasteiger partial charge < -0.3 is 14.7 Å². The van der Waals surface area contributed by atoms with Crippen molar-refractivity contribution in [2.75, 3.05) is 14.7 Å². The third-order valence-corrected chi connectivity index (χ3v) is 23.8. The number of anilines is 9. The quantitative estimate of drug-likeness (QED) is 0.111. The van der Waals surface area contributed by atoms with Gasteiger partial charge in [-0.3, -0.25) is 0 Å². The maximum absolute atomic E-state index is 2.97. The van der Waals surface area contributed by atoms with Crippen LogP contribution >= 0.6 is 11.3 Å². The minimum atomic E-state index is -2.97. The van der Waals surface area contributed by atoms with E-state index in [-0.39, 0.29) is 28.0 Å². The van der Waals surface area contributed by atoms with E-state index in [1.165, 1.54) is 86.5 Å². The van der Waals surface area contributed by atoms with Crippen LogP contribution in [0.1, 0.15) is 99.8 Å². The largest absolute Gasteiger partial charge is 0.311 e. The summed E-state index contributed by atoms with van der Waals surface area (Å²) < 4.78 is 2.67. The first-order chi connectivity index (χ1) is 37.2. The van der Waals surface area contributed by atoms with Crippen LogP contribution in [0, 0.1) is 0 Å². The molecule has 12 rings (SSSR count). The summed E-state index contributed by atoms with van der Waals surface area (Å²) in [6.07, 6.45) is 0. The predicted molar refractivity (Wildman–Crippen MR) is 344 cm³/mol. The van der Waals surface area contributed by atoms with Crippen LogP contribution in [0.25, 0.3) is 10.1 Å². The molecule has 0 bridgehead atoms. The molecule has 2 aliphatic heterocycles. The fraction of sp³-hybridized carbons (Fsp3) is 0.222. The lowest BCUT2D eigenvalue weighted by molar-refractivity contribution is 0.590. The lowest BCUT2D eigenvalue weighted by Gasteiger charge is -2.48. The summed E-state index contributed by atoms with van der Waals surface area (Å²) in [4.78, 5) is 7.76. The van der Waals surface area contributed by atoms with Gasteiger partial charge in [0, 0.05) is 60.4 Å². The van der Waals surface area contributed by atoms with Gasteiger partial charge in [-0.2, -0.15) is 0 Å². The molecule has 388 valence electrons. The minimum Gasteiger partial charge on any atom is -0.311 e. The third kappa shape index (κ3) is 8.55. The lowest BCUT2D eigenvalue weighted by Crippen LogP contribution is -2.72. The number of nitrogens with zero attached hydrogens (tertiary/aromatic N) is 3. The number of thiophene rings is 1. The molecule has 3 nitrogen and oxygen atoms in total. The number of hydrogen-bond acceptors (Lipinski definition) is 4. The number of para-hydroxylation sites is 2. The summed E-state index contributed by atoms with van der Waals surface area (Å²) in [5.41, 5.74) is 17.2. The van der Waals surface area contributed by atoms with Gasteiger partial charge in [-0.1, -0.05) is 210 Å². The molecule has 0 fully saturated rings.